The van der Waals surface area contributed by atoms with E-state index in [4.69, 9.17) is 8.85 Å². The highest BCUT2D eigenvalue weighted by Gasteiger charge is 2.30. The number of hydrogen-bond donors (Lipinski definition) is 0. The Morgan fingerprint density at radius 1 is 0.792 bits per heavy atom. The van der Waals surface area contributed by atoms with Gasteiger partial charge in [0.15, 0.2) is 0 Å². The van der Waals surface area contributed by atoms with E-state index in [1.54, 1.807) is 0 Å². The van der Waals surface area contributed by atoms with Crippen LogP contribution in [0.3, 0.4) is 0 Å². The van der Waals surface area contributed by atoms with Gasteiger partial charge < -0.3 is 8.85 Å². The van der Waals surface area contributed by atoms with Crippen molar-refractivity contribution in [2.45, 2.75) is 32.9 Å². The third-order valence-electron chi connectivity index (χ3n) is 4.05. The van der Waals surface area contributed by atoms with Gasteiger partial charge in [-0.2, -0.15) is 0 Å². The maximum absolute atomic E-state index is 5.99. The summed E-state index contributed by atoms with van der Waals surface area (Å²) in [5.74, 6) is 0. The molecule has 4 heteroatoms. The lowest BCUT2D eigenvalue weighted by Gasteiger charge is -2.27. The Hall–Kier alpha value is -0.993. The van der Waals surface area contributed by atoms with Crippen molar-refractivity contribution in [1.29, 1.82) is 0 Å². The average molecular weight is 361 g/mol. The van der Waals surface area contributed by atoms with Crippen molar-refractivity contribution in [3.8, 4) is 0 Å². The SMILES string of the molecule is CCO[Si](C)(CCCP(c1ccccc1)c1ccccc1)OCC. The maximum atomic E-state index is 5.99. The fraction of sp³-hybridized carbons (Fsp3) is 0.400. The van der Waals surface area contributed by atoms with Gasteiger partial charge in [0.25, 0.3) is 0 Å². The molecule has 0 aliphatic rings. The minimum Gasteiger partial charge on any atom is -0.395 e. The topological polar surface area (TPSA) is 18.5 Å². The molecule has 24 heavy (non-hydrogen) atoms. The molecule has 0 saturated carbocycles. The normalized spacial score (nSPS) is 11.8. The molecule has 0 radical (unpaired) electrons. The van der Waals surface area contributed by atoms with E-state index in [0.29, 0.717) is 0 Å². The van der Waals surface area contributed by atoms with Gasteiger partial charge in [0, 0.05) is 13.2 Å². The van der Waals surface area contributed by atoms with E-state index >= 15 is 0 Å². The molecule has 0 spiro atoms. The van der Waals surface area contributed by atoms with Gasteiger partial charge in [-0.15, -0.1) is 0 Å². The molecule has 130 valence electrons. The molecule has 2 nitrogen and oxygen atoms in total. The highest BCUT2D eigenvalue weighted by molar-refractivity contribution is 7.73. The summed E-state index contributed by atoms with van der Waals surface area (Å²) < 4.78 is 12.0. The van der Waals surface area contributed by atoms with Gasteiger partial charge >= 0.3 is 8.56 Å². The summed E-state index contributed by atoms with van der Waals surface area (Å²) in [6.45, 7) is 7.81. The minimum absolute atomic E-state index is 0.311. The van der Waals surface area contributed by atoms with Crippen molar-refractivity contribution >= 4 is 27.1 Å². The van der Waals surface area contributed by atoms with Crippen LogP contribution in [-0.4, -0.2) is 27.9 Å². The lowest BCUT2D eigenvalue weighted by atomic mass is 10.4. The Kier molecular flexibility index (Phi) is 8.14. The van der Waals surface area contributed by atoms with Crippen LogP contribution in [0.2, 0.25) is 12.6 Å². The summed E-state index contributed by atoms with van der Waals surface area (Å²) in [5, 5.41) is 2.91. The van der Waals surface area contributed by atoms with Crippen LogP contribution < -0.4 is 10.6 Å². The van der Waals surface area contributed by atoms with Crippen molar-refractivity contribution in [2.24, 2.45) is 0 Å². The molecule has 0 fully saturated rings. The molecule has 2 aromatic carbocycles. The van der Waals surface area contributed by atoms with Gasteiger partial charge in [-0.05, 0) is 57.6 Å². The first-order chi connectivity index (χ1) is 11.7. The second kappa shape index (κ2) is 10.1. The Balaban J connectivity index is 2.07. The van der Waals surface area contributed by atoms with Crippen molar-refractivity contribution in [3.63, 3.8) is 0 Å². The van der Waals surface area contributed by atoms with Gasteiger partial charge in [-0.3, -0.25) is 0 Å². The molecule has 2 rings (SSSR count). The zero-order chi connectivity index (χ0) is 17.3. The van der Waals surface area contributed by atoms with Crippen molar-refractivity contribution < 1.29 is 8.85 Å². The summed E-state index contributed by atoms with van der Waals surface area (Å²) in [6.07, 6.45) is 2.34. The molecule has 0 atom stereocenters. The van der Waals surface area contributed by atoms with Crippen LogP contribution in [-0.2, 0) is 8.85 Å². The Morgan fingerprint density at radius 2 is 1.25 bits per heavy atom. The van der Waals surface area contributed by atoms with E-state index < -0.39 is 8.56 Å². The van der Waals surface area contributed by atoms with Crippen molar-refractivity contribution in [1.82, 2.24) is 0 Å². The smallest absolute Gasteiger partial charge is 0.334 e. The summed E-state index contributed by atoms with van der Waals surface area (Å²) >= 11 is 0. The zero-order valence-corrected chi connectivity index (χ0v) is 17.0. The molecule has 0 aliphatic heterocycles. The van der Waals surface area contributed by atoms with Crippen molar-refractivity contribution in [3.05, 3.63) is 60.7 Å². The van der Waals surface area contributed by atoms with Crippen LogP contribution in [0.5, 0.6) is 0 Å². The van der Waals surface area contributed by atoms with Crippen LogP contribution in [0.25, 0.3) is 0 Å². The molecule has 0 N–H and O–H groups in total. The first kappa shape index (κ1) is 19.3. The molecule has 0 amide bonds. The zero-order valence-electron chi connectivity index (χ0n) is 15.1. The van der Waals surface area contributed by atoms with Crippen LogP contribution in [0.15, 0.2) is 60.7 Å². The van der Waals surface area contributed by atoms with Gasteiger partial charge in [0.05, 0.1) is 0 Å². The number of rotatable bonds is 10. The minimum atomic E-state index is -2.01. The quantitative estimate of drug-likeness (QED) is 0.453. The lowest BCUT2D eigenvalue weighted by molar-refractivity contribution is 0.189. The van der Waals surface area contributed by atoms with Crippen LogP contribution in [0.4, 0.5) is 0 Å². The Morgan fingerprint density at radius 3 is 1.67 bits per heavy atom. The monoisotopic (exact) mass is 360 g/mol. The highest BCUT2D eigenvalue weighted by Crippen LogP contribution is 2.35. The van der Waals surface area contributed by atoms with E-state index in [1.807, 2.05) is 0 Å². The first-order valence-electron chi connectivity index (χ1n) is 8.84. The van der Waals surface area contributed by atoms with Gasteiger partial charge in [0.2, 0.25) is 0 Å². The molecule has 0 aliphatic carbocycles. The summed E-state index contributed by atoms with van der Waals surface area (Å²) in [4.78, 5) is 0. The van der Waals surface area contributed by atoms with E-state index in [0.717, 1.165) is 25.7 Å². The van der Waals surface area contributed by atoms with Crippen molar-refractivity contribution in [2.75, 3.05) is 19.4 Å². The molecule has 0 bridgehead atoms. The highest BCUT2D eigenvalue weighted by atomic mass is 31.1. The molecular weight excluding hydrogens is 331 g/mol. The van der Waals surface area contributed by atoms with Crippen LogP contribution in [0.1, 0.15) is 20.3 Å². The van der Waals surface area contributed by atoms with E-state index in [1.165, 1.54) is 16.8 Å². The predicted molar refractivity (Wildman–Crippen MR) is 108 cm³/mol. The first-order valence-corrected chi connectivity index (χ1v) is 12.9. The molecular formula is C20H29O2PSi. The van der Waals surface area contributed by atoms with Gasteiger partial charge in [-0.1, -0.05) is 60.7 Å². The number of hydrogen-bond acceptors (Lipinski definition) is 2. The summed E-state index contributed by atoms with van der Waals surface area (Å²) in [5.41, 5.74) is 0. The summed E-state index contributed by atoms with van der Waals surface area (Å²) in [6, 6.07) is 22.9. The third-order valence-corrected chi connectivity index (χ3v) is 9.71. The van der Waals surface area contributed by atoms with Gasteiger partial charge in [0.1, 0.15) is 0 Å². The van der Waals surface area contributed by atoms with Crippen LogP contribution in [0, 0.1) is 0 Å². The Bertz CT molecular complexity index is 531. The van der Waals surface area contributed by atoms with E-state index in [2.05, 4.69) is 81.1 Å². The summed E-state index contributed by atoms with van der Waals surface area (Å²) in [7, 11) is -2.32. The lowest BCUT2D eigenvalue weighted by Crippen LogP contribution is -2.38. The fourth-order valence-corrected chi connectivity index (χ4v) is 8.04. The molecule has 0 saturated heterocycles. The molecule has 0 aromatic heterocycles. The van der Waals surface area contributed by atoms with Crippen LogP contribution >= 0.6 is 7.92 Å². The second-order valence-electron chi connectivity index (χ2n) is 5.93. The molecule has 0 unspecified atom stereocenters. The Labute approximate surface area is 149 Å². The largest absolute Gasteiger partial charge is 0.395 e. The number of benzene rings is 2. The second-order valence-corrected chi connectivity index (χ2v) is 11.6. The standard InChI is InChI=1S/C20H29O2PSi/c1-4-21-24(3,22-5-2)18-12-17-23(19-13-8-6-9-14-19)20-15-10-7-11-16-20/h6-11,13-16H,4-5,12,17-18H2,1-3H3. The van der Waals surface area contributed by atoms with E-state index in [9.17, 15) is 0 Å². The fourth-order valence-electron chi connectivity index (χ4n) is 2.98. The molecule has 2 aromatic rings. The predicted octanol–water partition coefficient (Wildman–Crippen LogP) is 4.65. The third kappa shape index (κ3) is 5.82. The maximum Gasteiger partial charge on any atom is 0.334 e. The van der Waals surface area contributed by atoms with E-state index in [-0.39, 0.29) is 7.92 Å². The van der Waals surface area contributed by atoms with Gasteiger partial charge in [-0.25, -0.2) is 0 Å². The molecule has 0 heterocycles. The average Bonchev–Trinajstić information content (AvgIpc) is 2.61.